The zero-order valence-electron chi connectivity index (χ0n) is 17.0. The molecule has 7 nitrogen and oxygen atoms in total. The molecule has 0 aromatic heterocycles. The number of fused-ring (bicyclic) bond motifs is 1. The molecule has 2 aromatic rings. The fraction of sp³-hybridized carbons (Fsp3) is 0.227. The normalized spacial score (nSPS) is 13.4. The van der Waals surface area contributed by atoms with Crippen LogP contribution in [0.3, 0.4) is 0 Å². The number of alkyl halides is 3. The van der Waals surface area contributed by atoms with Crippen molar-refractivity contribution in [2.45, 2.75) is 19.5 Å². The lowest BCUT2D eigenvalue weighted by atomic mass is 10.2. The summed E-state index contributed by atoms with van der Waals surface area (Å²) in [7, 11) is 0. The molecule has 2 aromatic carbocycles. The Morgan fingerprint density at radius 2 is 1.78 bits per heavy atom. The second kappa shape index (κ2) is 9.54. The minimum atomic E-state index is -4.48. The first-order valence-corrected chi connectivity index (χ1v) is 9.68. The highest BCUT2D eigenvalue weighted by atomic mass is 19.4. The Balaban J connectivity index is 1.77. The molecule has 0 saturated carbocycles. The van der Waals surface area contributed by atoms with Crippen LogP contribution in [0.2, 0.25) is 0 Å². The van der Waals surface area contributed by atoms with Gasteiger partial charge in [0, 0.05) is 17.5 Å². The molecule has 3 rings (SSSR count). The summed E-state index contributed by atoms with van der Waals surface area (Å²) in [5.74, 6) is -1.65. The van der Waals surface area contributed by atoms with Gasteiger partial charge in [-0.3, -0.25) is 19.3 Å². The zero-order valence-corrected chi connectivity index (χ0v) is 17.0. The number of benzene rings is 2. The Bertz CT molecular complexity index is 1050. The van der Waals surface area contributed by atoms with Crippen molar-refractivity contribution in [1.29, 1.82) is 0 Å². The first-order valence-electron chi connectivity index (χ1n) is 9.68. The number of nitrogens with zero attached hydrogens (tertiary/aromatic N) is 1. The van der Waals surface area contributed by atoms with Gasteiger partial charge in [-0.05, 0) is 43.3 Å². The minimum absolute atomic E-state index is 0.153. The maximum atomic E-state index is 12.8. The van der Waals surface area contributed by atoms with E-state index < -0.39 is 29.5 Å². The third-order valence-electron chi connectivity index (χ3n) is 4.49. The molecule has 0 unspecified atom stereocenters. The molecule has 1 aliphatic rings. The molecule has 10 heteroatoms. The van der Waals surface area contributed by atoms with Crippen molar-refractivity contribution in [3.8, 4) is 0 Å². The molecule has 2 N–H and O–H groups in total. The van der Waals surface area contributed by atoms with Crippen molar-refractivity contribution in [3.05, 3.63) is 65.9 Å². The molecule has 0 radical (unpaired) electrons. The van der Waals surface area contributed by atoms with Crippen LogP contribution in [0, 0.1) is 0 Å². The molecule has 0 aliphatic carbocycles. The standard InChI is InChI=1S/C22H20F3N3O4/c1-2-32-21(31)12-16-11-20(30)28(18-6-4-3-5-17(18)26-16)13-19(29)27-15-9-7-14(8-10-15)22(23,24)25/h3-11,26H,2,12-13H2,1H3,(H,27,29). The third kappa shape index (κ3) is 5.65. The van der Waals surface area contributed by atoms with Crippen LogP contribution in [0.1, 0.15) is 18.9 Å². The maximum Gasteiger partial charge on any atom is 0.416 e. The Hall–Kier alpha value is -3.82. The van der Waals surface area contributed by atoms with Gasteiger partial charge in [0.05, 0.1) is 30.0 Å². The first-order chi connectivity index (χ1) is 15.2. The highest BCUT2D eigenvalue weighted by Crippen LogP contribution is 2.31. The lowest BCUT2D eigenvalue weighted by Gasteiger charge is -2.21. The van der Waals surface area contributed by atoms with Gasteiger partial charge in [0.1, 0.15) is 6.54 Å². The summed E-state index contributed by atoms with van der Waals surface area (Å²) >= 11 is 0. The van der Waals surface area contributed by atoms with Crippen molar-refractivity contribution in [3.63, 3.8) is 0 Å². The van der Waals surface area contributed by atoms with Crippen molar-refractivity contribution in [2.24, 2.45) is 0 Å². The number of ether oxygens (including phenoxy) is 1. The Labute approximate surface area is 181 Å². The molecule has 1 heterocycles. The number of nitrogens with one attached hydrogen (secondary N) is 2. The summed E-state index contributed by atoms with van der Waals surface area (Å²) in [4.78, 5) is 38.4. The van der Waals surface area contributed by atoms with E-state index in [1.165, 1.54) is 11.0 Å². The van der Waals surface area contributed by atoms with Gasteiger partial charge in [-0.15, -0.1) is 0 Å². The molecule has 0 atom stereocenters. The number of carbonyl (C=O) groups is 3. The van der Waals surface area contributed by atoms with Crippen molar-refractivity contribution in [1.82, 2.24) is 0 Å². The Kier molecular flexibility index (Phi) is 6.82. The molecule has 0 fully saturated rings. The summed E-state index contributed by atoms with van der Waals surface area (Å²) in [6.07, 6.45) is -3.42. The van der Waals surface area contributed by atoms with Gasteiger partial charge in [0.2, 0.25) is 5.91 Å². The number of hydrogen-bond acceptors (Lipinski definition) is 5. The molecule has 0 spiro atoms. The number of rotatable bonds is 6. The topological polar surface area (TPSA) is 87.7 Å². The highest BCUT2D eigenvalue weighted by molar-refractivity contribution is 6.10. The predicted octanol–water partition coefficient (Wildman–Crippen LogP) is 3.94. The monoisotopic (exact) mass is 447 g/mol. The van der Waals surface area contributed by atoms with E-state index in [0.29, 0.717) is 17.1 Å². The first kappa shape index (κ1) is 22.9. The molecular formula is C22H20F3N3O4. The summed E-state index contributed by atoms with van der Waals surface area (Å²) < 4.78 is 43.0. The number of esters is 1. The van der Waals surface area contributed by atoms with E-state index in [1.807, 2.05) is 0 Å². The van der Waals surface area contributed by atoms with E-state index >= 15 is 0 Å². The number of carbonyl (C=O) groups excluding carboxylic acids is 3. The van der Waals surface area contributed by atoms with Crippen molar-refractivity contribution >= 4 is 34.8 Å². The molecule has 0 bridgehead atoms. The third-order valence-corrected chi connectivity index (χ3v) is 4.49. The predicted molar refractivity (Wildman–Crippen MR) is 112 cm³/mol. The summed E-state index contributed by atoms with van der Waals surface area (Å²) in [5.41, 5.74) is 0.561. The highest BCUT2D eigenvalue weighted by Gasteiger charge is 2.30. The van der Waals surface area contributed by atoms with E-state index in [2.05, 4.69) is 10.6 Å². The number of hydrogen-bond donors (Lipinski definition) is 2. The molecule has 1 aliphatic heterocycles. The number of amides is 2. The lowest BCUT2D eigenvalue weighted by molar-refractivity contribution is -0.142. The largest absolute Gasteiger partial charge is 0.466 e. The van der Waals surface area contributed by atoms with Crippen LogP contribution in [0.15, 0.2) is 60.3 Å². The van der Waals surface area contributed by atoms with E-state index in [0.717, 1.165) is 24.3 Å². The summed E-state index contributed by atoms with van der Waals surface area (Å²) in [5, 5.41) is 5.50. The lowest BCUT2D eigenvalue weighted by Crippen LogP contribution is -2.37. The minimum Gasteiger partial charge on any atom is -0.466 e. The fourth-order valence-electron chi connectivity index (χ4n) is 3.08. The fourth-order valence-corrected chi connectivity index (χ4v) is 3.08. The smallest absolute Gasteiger partial charge is 0.416 e. The number of anilines is 3. The van der Waals surface area contributed by atoms with Gasteiger partial charge in [-0.2, -0.15) is 13.2 Å². The number of halogens is 3. The van der Waals surface area contributed by atoms with Gasteiger partial charge in [0.15, 0.2) is 0 Å². The van der Waals surface area contributed by atoms with E-state index in [-0.39, 0.29) is 25.3 Å². The Morgan fingerprint density at radius 1 is 1.09 bits per heavy atom. The quantitative estimate of drug-likeness (QED) is 0.655. The van der Waals surface area contributed by atoms with Crippen molar-refractivity contribution < 1.29 is 32.3 Å². The van der Waals surface area contributed by atoms with Gasteiger partial charge >= 0.3 is 12.1 Å². The van der Waals surface area contributed by atoms with Crippen molar-refractivity contribution in [2.75, 3.05) is 28.7 Å². The van der Waals surface area contributed by atoms with Crippen LogP contribution in [0.5, 0.6) is 0 Å². The van der Waals surface area contributed by atoms with Gasteiger partial charge < -0.3 is 15.4 Å². The van der Waals surface area contributed by atoms with Gasteiger partial charge in [0.25, 0.3) is 5.91 Å². The second-order valence-electron chi connectivity index (χ2n) is 6.84. The molecule has 168 valence electrons. The van der Waals surface area contributed by atoms with Crippen LogP contribution in [0.25, 0.3) is 0 Å². The maximum absolute atomic E-state index is 12.8. The van der Waals surface area contributed by atoms with Gasteiger partial charge in [-0.25, -0.2) is 0 Å². The summed E-state index contributed by atoms with van der Waals surface area (Å²) in [6.45, 7) is 1.49. The molecule has 0 saturated heterocycles. The SMILES string of the molecule is CCOC(=O)CC1=CC(=O)N(CC(=O)Nc2ccc(C(F)(F)F)cc2)c2ccccc2N1. The van der Waals surface area contributed by atoms with Crippen LogP contribution in [-0.4, -0.2) is 30.9 Å². The molecular weight excluding hydrogens is 427 g/mol. The van der Waals surface area contributed by atoms with E-state index in [4.69, 9.17) is 4.74 Å². The van der Waals surface area contributed by atoms with E-state index in [9.17, 15) is 27.6 Å². The average molecular weight is 447 g/mol. The van der Waals surface area contributed by atoms with E-state index in [1.54, 1.807) is 31.2 Å². The van der Waals surface area contributed by atoms with Crippen LogP contribution in [-0.2, 0) is 25.3 Å². The number of para-hydroxylation sites is 2. The second-order valence-corrected chi connectivity index (χ2v) is 6.84. The van der Waals surface area contributed by atoms with Crippen LogP contribution < -0.4 is 15.5 Å². The molecule has 2 amide bonds. The molecule has 32 heavy (non-hydrogen) atoms. The van der Waals surface area contributed by atoms with Crippen LogP contribution in [0.4, 0.5) is 30.2 Å². The van der Waals surface area contributed by atoms with Gasteiger partial charge in [-0.1, -0.05) is 12.1 Å². The Morgan fingerprint density at radius 3 is 2.44 bits per heavy atom. The zero-order chi connectivity index (χ0) is 23.3. The van der Waals surface area contributed by atoms with Crippen LogP contribution >= 0.6 is 0 Å². The average Bonchev–Trinajstić information content (AvgIpc) is 2.84. The summed E-state index contributed by atoms with van der Waals surface area (Å²) in [6, 6.07) is 10.7.